The Hall–Kier alpha value is -2.46. The number of rotatable bonds is 6. The van der Waals surface area contributed by atoms with E-state index in [9.17, 15) is 13.2 Å². The lowest BCUT2D eigenvalue weighted by Gasteiger charge is -2.25. The van der Waals surface area contributed by atoms with Crippen LogP contribution in [0.3, 0.4) is 0 Å². The summed E-state index contributed by atoms with van der Waals surface area (Å²) in [6, 6.07) is 12.8. The molecular weight excluding hydrogens is 422 g/mol. The second-order valence-electron chi connectivity index (χ2n) is 7.01. The Kier molecular flexibility index (Phi) is 6.05. The highest BCUT2D eigenvalue weighted by Crippen LogP contribution is 2.25. The van der Waals surface area contributed by atoms with Crippen LogP contribution >= 0.6 is 11.3 Å². The summed E-state index contributed by atoms with van der Waals surface area (Å²) in [5.74, 6) is -0.200. The molecule has 9 heteroatoms. The van der Waals surface area contributed by atoms with Gasteiger partial charge in [0, 0.05) is 41.6 Å². The molecule has 4 rings (SSSR count). The Bertz CT molecular complexity index is 1130. The highest BCUT2D eigenvalue weighted by molar-refractivity contribution is 7.91. The summed E-state index contributed by atoms with van der Waals surface area (Å²) in [5.41, 5.74) is 2.57. The summed E-state index contributed by atoms with van der Waals surface area (Å²) in [5, 5.41) is 2.89. The van der Waals surface area contributed by atoms with Gasteiger partial charge in [-0.15, -0.1) is 11.3 Å². The summed E-state index contributed by atoms with van der Waals surface area (Å²) >= 11 is 1.18. The summed E-state index contributed by atoms with van der Waals surface area (Å²) in [6.07, 6.45) is 3.87. The minimum absolute atomic E-state index is 0.200. The topological polar surface area (TPSA) is 80.6 Å². The molecule has 0 bridgehead atoms. The number of thiophene rings is 1. The number of hydrogen-bond donors (Lipinski definition) is 1. The molecule has 3 heterocycles. The first-order valence-corrected chi connectivity index (χ1v) is 11.9. The van der Waals surface area contributed by atoms with Gasteiger partial charge in [0.25, 0.3) is 15.9 Å². The Morgan fingerprint density at radius 1 is 1.13 bits per heavy atom. The van der Waals surface area contributed by atoms with Gasteiger partial charge in [0.15, 0.2) is 0 Å². The minimum atomic E-state index is -3.51. The molecule has 0 saturated carbocycles. The van der Waals surface area contributed by atoms with Crippen molar-refractivity contribution < 1.29 is 17.9 Å². The van der Waals surface area contributed by atoms with Crippen LogP contribution in [-0.2, 0) is 21.3 Å². The van der Waals surface area contributed by atoms with Crippen molar-refractivity contribution in [2.24, 2.45) is 0 Å². The molecule has 1 saturated heterocycles. The quantitative estimate of drug-likeness (QED) is 0.633. The molecule has 30 heavy (non-hydrogen) atoms. The maximum atomic E-state index is 12.7. The molecule has 1 fully saturated rings. The van der Waals surface area contributed by atoms with Gasteiger partial charge in [-0.2, -0.15) is 4.31 Å². The Balaban J connectivity index is 1.43. The Morgan fingerprint density at radius 3 is 2.60 bits per heavy atom. The average molecular weight is 446 g/mol. The van der Waals surface area contributed by atoms with Crippen molar-refractivity contribution in [2.75, 3.05) is 26.3 Å². The highest BCUT2D eigenvalue weighted by atomic mass is 32.2. The number of aryl methyl sites for hydroxylation is 1. The monoisotopic (exact) mass is 445 g/mol. The number of morpholine rings is 1. The van der Waals surface area contributed by atoms with Crippen molar-refractivity contribution in [3.63, 3.8) is 0 Å². The smallest absolute Gasteiger partial charge is 0.252 e. The van der Waals surface area contributed by atoms with Crippen LogP contribution in [0.2, 0.25) is 0 Å². The van der Waals surface area contributed by atoms with Gasteiger partial charge in [-0.1, -0.05) is 6.07 Å². The van der Waals surface area contributed by atoms with E-state index in [1.54, 1.807) is 18.2 Å². The van der Waals surface area contributed by atoms with Gasteiger partial charge in [-0.3, -0.25) is 4.79 Å². The van der Waals surface area contributed by atoms with Gasteiger partial charge < -0.3 is 14.6 Å². The second-order valence-corrected chi connectivity index (χ2v) is 10.3. The summed E-state index contributed by atoms with van der Waals surface area (Å²) < 4.78 is 34.4. The summed E-state index contributed by atoms with van der Waals surface area (Å²) in [4.78, 5) is 13.4. The van der Waals surface area contributed by atoms with E-state index in [4.69, 9.17) is 4.74 Å². The molecule has 1 amide bonds. The molecule has 1 aromatic carbocycles. The van der Waals surface area contributed by atoms with E-state index in [2.05, 4.69) is 5.32 Å². The first-order chi connectivity index (χ1) is 14.4. The molecule has 1 N–H and O–H groups in total. The maximum absolute atomic E-state index is 12.7. The SMILES string of the molecule is Cc1ccc(C(=O)NCc2ccc(S(=O)(=O)N3CCOCC3)s2)cc1-n1cccc1. The van der Waals surface area contributed by atoms with E-state index >= 15 is 0 Å². The molecule has 7 nitrogen and oxygen atoms in total. The lowest BCUT2D eigenvalue weighted by atomic mass is 10.1. The number of aromatic nitrogens is 1. The lowest BCUT2D eigenvalue weighted by Crippen LogP contribution is -2.40. The fourth-order valence-electron chi connectivity index (χ4n) is 3.30. The number of benzene rings is 1. The van der Waals surface area contributed by atoms with Gasteiger partial charge in [0.1, 0.15) is 4.21 Å². The van der Waals surface area contributed by atoms with Gasteiger partial charge >= 0.3 is 0 Å². The maximum Gasteiger partial charge on any atom is 0.252 e. The molecular formula is C21H23N3O4S2. The van der Waals surface area contributed by atoms with E-state index in [0.717, 1.165) is 16.1 Å². The zero-order chi connectivity index (χ0) is 21.1. The van der Waals surface area contributed by atoms with Crippen molar-refractivity contribution in [3.8, 4) is 5.69 Å². The van der Waals surface area contributed by atoms with Crippen LogP contribution < -0.4 is 5.32 Å². The zero-order valence-electron chi connectivity index (χ0n) is 16.6. The third-order valence-electron chi connectivity index (χ3n) is 4.98. The van der Waals surface area contributed by atoms with Crippen molar-refractivity contribution >= 4 is 27.3 Å². The number of ether oxygens (including phenoxy) is 1. The van der Waals surface area contributed by atoms with Crippen LogP contribution in [0.4, 0.5) is 0 Å². The van der Waals surface area contributed by atoms with E-state index in [-0.39, 0.29) is 12.5 Å². The molecule has 0 radical (unpaired) electrons. The fraction of sp³-hybridized carbons (Fsp3) is 0.286. The van der Waals surface area contributed by atoms with Crippen molar-refractivity contribution in [1.29, 1.82) is 0 Å². The number of hydrogen-bond acceptors (Lipinski definition) is 5. The third kappa shape index (κ3) is 4.34. The second kappa shape index (κ2) is 8.73. The van der Waals surface area contributed by atoms with Gasteiger partial charge in [-0.25, -0.2) is 8.42 Å². The van der Waals surface area contributed by atoms with Crippen LogP contribution in [0.1, 0.15) is 20.8 Å². The predicted molar refractivity (Wildman–Crippen MR) is 116 cm³/mol. The molecule has 0 atom stereocenters. The van der Waals surface area contributed by atoms with E-state index in [1.165, 1.54) is 15.6 Å². The normalized spacial score (nSPS) is 15.2. The largest absolute Gasteiger partial charge is 0.379 e. The number of amides is 1. The van der Waals surface area contributed by atoms with Gasteiger partial charge in [0.2, 0.25) is 0 Å². The van der Waals surface area contributed by atoms with Crippen LogP contribution in [0.5, 0.6) is 0 Å². The van der Waals surface area contributed by atoms with Crippen molar-refractivity contribution in [3.05, 3.63) is 70.9 Å². The molecule has 1 aliphatic rings. The number of sulfonamides is 1. The number of carbonyl (C=O) groups excluding carboxylic acids is 1. The van der Waals surface area contributed by atoms with Crippen LogP contribution in [0.25, 0.3) is 5.69 Å². The first kappa shape index (κ1) is 20.8. The molecule has 0 aliphatic carbocycles. The van der Waals surface area contributed by atoms with E-state index in [0.29, 0.717) is 36.1 Å². The summed E-state index contributed by atoms with van der Waals surface area (Å²) in [6.45, 7) is 3.82. The number of carbonyl (C=O) groups is 1. The first-order valence-electron chi connectivity index (χ1n) is 9.64. The zero-order valence-corrected chi connectivity index (χ0v) is 18.2. The van der Waals surface area contributed by atoms with Gasteiger partial charge in [-0.05, 0) is 48.9 Å². The third-order valence-corrected chi connectivity index (χ3v) is 8.43. The average Bonchev–Trinajstić information content (AvgIpc) is 3.45. The van der Waals surface area contributed by atoms with E-state index < -0.39 is 10.0 Å². The highest BCUT2D eigenvalue weighted by Gasteiger charge is 2.27. The van der Waals surface area contributed by atoms with Gasteiger partial charge in [0.05, 0.1) is 19.8 Å². The van der Waals surface area contributed by atoms with Crippen LogP contribution in [-0.4, -0.2) is 49.5 Å². The summed E-state index contributed by atoms with van der Waals surface area (Å²) in [7, 11) is -3.51. The minimum Gasteiger partial charge on any atom is -0.379 e. The predicted octanol–water partition coefficient (Wildman–Crippen LogP) is 2.80. The van der Waals surface area contributed by atoms with E-state index in [1.807, 2.05) is 48.1 Å². The molecule has 158 valence electrons. The van der Waals surface area contributed by atoms with Crippen molar-refractivity contribution in [1.82, 2.24) is 14.2 Å². The molecule has 3 aromatic rings. The van der Waals surface area contributed by atoms with Crippen LogP contribution in [0, 0.1) is 6.92 Å². The van der Waals surface area contributed by atoms with Crippen molar-refractivity contribution in [2.45, 2.75) is 17.7 Å². The lowest BCUT2D eigenvalue weighted by molar-refractivity contribution is 0.0731. The number of nitrogens with one attached hydrogen (secondary N) is 1. The fourth-order valence-corrected chi connectivity index (χ4v) is 6.16. The molecule has 1 aliphatic heterocycles. The van der Waals surface area contributed by atoms with Crippen LogP contribution in [0.15, 0.2) is 59.1 Å². The molecule has 0 unspecified atom stereocenters. The standard InChI is InChI=1S/C21H23N3O4S2/c1-16-4-5-17(14-19(16)23-8-2-3-9-23)21(25)22-15-18-6-7-20(29-18)30(26,27)24-10-12-28-13-11-24/h2-9,14H,10-13,15H2,1H3,(H,22,25). The molecule has 0 spiro atoms. The Labute approximate surface area is 179 Å². The Morgan fingerprint density at radius 2 is 1.87 bits per heavy atom. The number of nitrogens with zero attached hydrogens (tertiary/aromatic N) is 2. The molecule has 2 aromatic heterocycles.